The zero-order valence-corrected chi connectivity index (χ0v) is 15.7. The van der Waals surface area contributed by atoms with Crippen molar-refractivity contribution in [2.75, 3.05) is 18.4 Å². The molecule has 1 aliphatic carbocycles. The van der Waals surface area contributed by atoms with E-state index in [2.05, 4.69) is 22.9 Å². The highest BCUT2D eigenvalue weighted by molar-refractivity contribution is 5.96. The molecule has 5 heteroatoms. The van der Waals surface area contributed by atoms with Gasteiger partial charge in [0.25, 0.3) is 5.91 Å². The number of benzene rings is 1. The topological polar surface area (TPSA) is 70.2 Å². The third-order valence-corrected chi connectivity index (χ3v) is 5.77. The Morgan fingerprint density at radius 3 is 2.50 bits per heavy atom. The quantitative estimate of drug-likeness (QED) is 0.731. The molecule has 1 saturated heterocycles. The van der Waals surface area contributed by atoms with Crippen LogP contribution in [0.1, 0.15) is 62.2 Å². The molecule has 1 aliphatic heterocycles. The first-order valence-corrected chi connectivity index (χ1v) is 10.0. The van der Waals surface area contributed by atoms with Gasteiger partial charge in [0, 0.05) is 23.7 Å². The number of hydrogen-bond donors (Lipinski definition) is 3. The number of anilines is 1. The highest BCUT2D eigenvalue weighted by atomic mass is 16.2. The summed E-state index contributed by atoms with van der Waals surface area (Å²) in [6, 6.07) is 7.52. The zero-order valence-electron chi connectivity index (χ0n) is 15.7. The fourth-order valence-electron chi connectivity index (χ4n) is 4.08. The van der Waals surface area contributed by atoms with Crippen molar-refractivity contribution in [3.63, 3.8) is 0 Å². The number of nitrogens with one attached hydrogen (secondary N) is 3. The number of rotatable bonds is 6. The Bertz CT molecular complexity index is 602. The summed E-state index contributed by atoms with van der Waals surface area (Å²) in [6.07, 6.45) is 7.49. The normalized spacial score (nSPS) is 22.0. The van der Waals surface area contributed by atoms with Crippen molar-refractivity contribution in [1.82, 2.24) is 10.6 Å². The second-order valence-electron chi connectivity index (χ2n) is 7.87. The summed E-state index contributed by atoms with van der Waals surface area (Å²) in [5.74, 6) is 0.981. The number of amides is 2. The lowest BCUT2D eigenvalue weighted by Gasteiger charge is -2.28. The molecule has 0 spiro atoms. The molecule has 5 nitrogen and oxygen atoms in total. The van der Waals surface area contributed by atoms with E-state index in [1.54, 1.807) is 12.1 Å². The van der Waals surface area contributed by atoms with Crippen molar-refractivity contribution in [3.05, 3.63) is 29.8 Å². The lowest BCUT2D eigenvalue weighted by Crippen LogP contribution is -2.34. The van der Waals surface area contributed by atoms with Crippen molar-refractivity contribution in [2.24, 2.45) is 11.8 Å². The molecule has 0 aromatic heterocycles. The summed E-state index contributed by atoms with van der Waals surface area (Å²) in [5.41, 5.74) is 1.40. The Balaban J connectivity index is 1.46. The third kappa shape index (κ3) is 5.31. The van der Waals surface area contributed by atoms with Gasteiger partial charge in [-0.2, -0.15) is 0 Å². The predicted octanol–water partition coefficient (Wildman–Crippen LogP) is 3.32. The average molecular weight is 357 g/mol. The Morgan fingerprint density at radius 1 is 1.12 bits per heavy atom. The first-order chi connectivity index (χ1) is 12.6. The van der Waals surface area contributed by atoms with Crippen LogP contribution in [0.2, 0.25) is 0 Å². The molecular weight excluding hydrogens is 326 g/mol. The summed E-state index contributed by atoms with van der Waals surface area (Å²) < 4.78 is 0. The molecule has 1 aromatic carbocycles. The van der Waals surface area contributed by atoms with E-state index in [-0.39, 0.29) is 11.8 Å². The first kappa shape index (κ1) is 18.9. The van der Waals surface area contributed by atoms with Gasteiger partial charge in [-0.05, 0) is 74.9 Å². The molecule has 1 saturated carbocycles. The summed E-state index contributed by atoms with van der Waals surface area (Å²) in [4.78, 5) is 24.6. The third-order valence-electron chi connectivity index (χ3n) is 5.77. The fourth-order valence-corrected chi connectivity index (χ4v) is 4.08. The van der Waals surface area contributed by atoms with Crippen LogP contribution in [0.25, 0.3) is 0 Å². The molecular formula is C21H31N3O2. The largest absolute Gasteiger partial charge is 0.349 e. The maximum Gasteiger partial charge on any atom is 0.251 e. The van der Waals surface area contributed by atoms with Crippen molar-refractivity contribution < 1.29 is 9.59 Å². The van der Waals surface area contributed by atoms with Gasteiger partial charge in [0.05, 0.1) is 0 Å². The second kappa shape index (κ2) is 9.17. The number of carbonyl (C=O) groups is 2. The highest BCUT2D eigenvalue weighted by Crippen LogP contribution is 2.23. The van der Waals surface area contributed by atoms with Gasteiger partial charge in [-0.25, -0.2) is 0 Å². The Kier molecular flexibility index (Phi) is 6.67. The maximum absolute atomic E-state index is 12.3. The molecule has 2 fully saturated rings. The monoisotopic (exact) mass is 357 g/mol. The Hall–Kier alpha value is -1.88. The summed E-state index contributed by atoms with van der Waals surface area (Å²) in [6.45, 7) is 4.27. The number of hydrogen-bond acceptors (Lipinski definition) is 3. The van der Waals surface area contributed by atoms with Gasteiger partial charge in [0.15, 0.2) is 0 Å². The van der Waals surface area contributed by atoms with Crippen LogP contribution in [0.3, 0.4) is 0 Å². The van der Waals surface area contributed by atoms with Crippen LogP contribution in [0.5, 0.6) is 0 Å². The van der Waals surface area contributed by atoms with E-state index in [4.69, 9.17) is 0 Å². The first-order valence-electron chi connectivity index (χ1n) is 10.0. The van der Waals surface area contributed by atoms with Gasteiger partial charge in [-0.1, -0.05) is 19.8 Å². The van der Waals surface area contributed by atoms with Crippen molar-refractivity contribution in [2.45, 2.75) is 57.9 Å². The molecule has 2 amide bonds. The van der Waals surface area contributed by atoms with E-state index in [9.17, 15) is 9.59 Å². The lowest BCUT2D eigenvalue weighted by molar-refractivity contribution is -0.117. The summed E-state index contributed by atoms with van der Waals surface area (Å²) in [7, 11) is 0. The van der Waals surface area contributed by atoms with Gasteiger partial charge in [0.2, 0.25) is 5.91 Å². The van der Waals surface area contributed by atoms with E-state index in [1.807, 2.05) is 12.1 Å². The molecule has 1 heterocycles. The molecule has 2 aliphatic rings. The summed E-state index contributed by atoms with van der Waals surface area (Å²) >= 11 is 0. The SMILES string of the molecule is CC(CC(=O)Nc1ccc(C(=O)NC2CCCC2)cc1)C1CCCNC1. The van der Waals surface area contributed by atoms with Crippen molar-refractivity contribution in [3.8, 4) is 0 Å². The van der Waals surface area contributed by atoms with E-state index >= 15 is 0 Å². The average Bonchev–Trinajstić information content (AvgIpc) is 3.16. The van der Waals surface area contributed by atoms with Crippen LogP contribution >= 0.6 is 0 Å². The van der Waals surface area contributed by atoms with Gasteiger partial charge >= 0.3 is 0 Å². The van der Waals surface area contributed by atoms with Crippen LogP contribution in [-0.2, 0) is 4.79 Å². The minimum atomic E-state index is -0.0202. The fraction of sp³-hybridized carbons (Fsp3) is 0.619. The minimum absolute atomic E-state index is 0.0202. The summed E-state index contributed by atoms with van der Waals surface area (Å²) in [5, 5.41) is 9.46. The highest BCUT2D eigenvalue weighted by Gasteiger charge is 2.22. The molecule has 2 unspecified atom stereocenters. The zero-order chi connectivity index (χ0) is 18.4. The minimum Gasteiger partial charge on any atom is -0.349 e. The van der Waals surface area contributed by atoms with Crippen molar-refractivity contribution >= 4 is 17.5 Å². The predicted molar refractivity (Wildman–Crippen MR) is 104 cm³/mol. The number of carbonyl (C=O) groups excluding carboxylic acids is 2. The maximum atomic E-state index is 12.3. The standard InChI is InChI=1S/C21H31N3O2/c1-15(17-5-4-12-22-14-17)13-20(25)23-19-10-8-16(9-11-19)21(26)24-18-6-2-3-7-18/h8-11,15,17-18,22H,2-7,12-14H2,1H3,(H,23,25)(H,24,26). The molecule has 2 atom stereocenters. The van der Waals surface area contributed by atoms with Crippen molar-refractivity contribution in [1.29, 1.82) is 0 Å². The Morgan fingerprint density at radius 2 is 1.85 bits per heavy atom. The molecule has 26 heavy (non-hydrogen) atoms. The van der Waals surface area contributed by atoms with E-state index in [0.717, 1.165) is 31.6 Å². The Labute approximate surface area is 156 Å². The van der Waals surface area contributed by atoms with Gasteiger partial charge in [0.1, 0.15) is 0 Å². The second-order valence-corrected chi connectivity index (χ2v) is 7.87. The van der Waals surface area contributed by atoms with Crippen LogP contribution in [0.4, 0.5) is 5.69 Å². The van der Waals surface area contributed by atoms with Gasteiger partial charge in [-0.3, -0.25) is 9.59 Å². The lowest BCUT2D eigenvalue weighted by atomic mass is 9.85. The van der Waals surface area contributed by atoms with E-state index in [1.165, 1.54) is 25.7 Å². The van der Waals surface area contributed by atoms with Gasteiger partial charge < -0.3 is 16.0 Å². The molecule has 0 radical (unpaired) electrons. The number of piperidine rings is 1. The van der Waals surface area contributed by atoms with Crippen LogP contribution in [-0.4, -0.2) is 30.9 Å². The van der Waals surface area contributed by atoms with Crippen LogP contribution in [0, 0.1) is 11.8 Å². The molecule has 1 aromatic rings. The smallest absolute Gasteiger partial charge is 0.251 e. The molecule has 3 rings (SSSR count). The molecule has 3 N–H and O–H groups in total. The van der Waals surface area contributed by atoms with E-state index < -0.39 is 0 Å². The van der Waals surface area contributed by atoms with Crippen LogP contribution < -0.4 is 16.0 Å². The molecule has 142 valence electrons. The van der Waals surface area contributed by atoms with Crippen LogP contribution in [0.15, 0.2) is 24.3 Å². The molecule has 0 bridgehead atoms. The van der Waals surface area contributed by atoms with E-state index in [0.29, 0.717) is 29.9 Å². The van der Waals surface area contributed by atoms with Gasteiger partial charge in [-0.15, -0.1) is 0 Å².